The van der Waals surface area contributed by atoms with Crippen molar-refractivity contribution in [2.45, 2.75) is 62.6 Å². The van der Waals surface area contributed by atoms with Crippen LogP contribution in [0.4, 0.5) is 5.69 Å². The monoisotopic (exact) mass is 659 g/mol. The summed E-state index contributed by atoms with van der Waals surface area (Å²) in [6.45, 7) is 1.35. The van der Waals surface area contributed by atoms with E-state index in [1.807, 2.05) is 43.3 Å². The second kappa shape index (κ2) is 15.3. The largest absolute Gasteiger partial charge is 0.457 e. The average molecular weight is 660 g/mol. The van der Waals surface area contributed by atoms with Gasteiger partial charge in [-0.25, -0.2) is 8.42 Å². The van der Waals surface area contributed by atoms with Gasteiger partial charge in [0.05, 0.1) is 10.6 Å². The van der Waals surface area contributed by atoms with Crippen LogP contribution in [0.1, 0.15) is 44.6 Å². The summed E-state index contributed by atoms with van der Waals surface area (Å²) in [5.41, 5.74) is 0.934. The van der Waals surface area contributed by atoms with Crippen LogP contribution in [0.5, 0.6) is 11.5 Å². The minimum Gasteiger partial charge on any atom is -0.457 e. The van der Waals surface area contributed by atoms with Crippen LogP contribution >= 0.6 is 11.6 Å². The van der Waals surface area contributed by atoms with Crippen LogP contribution in [0, 0.1) is 0 Å². The molecule has 0 aliphatic heterocycles. The normalized spacial score (nSPS) is 14.0. The van der Waals surface area contributed by atoms with E-state index in [0.29, 0.717) is 28.5 Å². The topological polar surface area (TPSA) is 96.0 Å². The molecule has 2 amide bonds. The van der Waals surface area contributed by atoms with E-state index in [0.717, 1.165) is 30.0 Å². The average Bonchev–Trinajstić information content (AvgIpc) is 3.58. The first kappa shape index (κ1) is 33.0. The number of ether oxygens (including phenoxy) is 1. The SMILES string of the molecule is CC[C@H](C(=O)NC1CCCC1)N(Cc1ccccc1Cl)C(=O)CN(c1ccc(Oc2ccccc2)cc1)S(=O)(=O)c1ccccc1. The predicted octanol–water partition coefficient (Wildman–Crippen LogP) is 7.19. The maximum absolute atomic E-state index is 14.3. The number of amides is 2. The van der Waals surface area contributed by atoms with E-state index < -0.39 is 28.5 Å². The van der Waals surface area contributed by atoms with Gasteiger partial charge in [0.1, 0.15) is 24.1 Å². The third kappa shape index (κ3) is 8.08. The Morgan fingerprint density at radius 2 is 1.43 bits per heavy atom. The molecule has 0 heterocycles. The van der Waals surface area contributed by atoms with Crippen molar-refractivity contribution in [3.63, 3.8) is 0 Å². The summed E-state index contributed by atoms with van der Waals surface area (Å²) in [5, 5.41) is 3.57. The van der Waals surface area contributed by atoms with E-state index >= 15 is 0 Å². The molecule has 0 saturated heterocycles. The lowest BCUT2D eigenvalue weighted by molar-refractivity contribution is -0.140. The molecule has 8 nitrogen and oxygen atoms in total. The number of benzene rings is 4. The molecule has 4 aromatic rings. The van der Waals surface area contributed by atoms with Gasteiger partial charge >= 0.3 is 0 Å². The number of rotatable bonds is 13. The third-order valence-electron chi connectivity index (χ3n) is 8.10. The number of carbonyl (C=O) groups is 2. The number of hydrogen-bond acceptors (Lipinski definition) is 5. The smallest absolute Gasteiger partial charge is 0.264 e. The highest BCUT2D eigenvalue weighted by atomic mass is 35.5. The standard InChI is InChI=1S/C36H38ClN3O5S/c1-2-34(36(42)38-28-14-10-11-15-28)39(25-27-13-9-12-20-33(27)37)35(41)26-40(46(43,44)32-18-7-4-8-19-32)29-21-23-31(24-22-29)45-30-16-5-3-6-17-30/h3-9,12-13,16-24,28,34H,2,10-11,14-15,25-26H2,1H3,(H,38,42)/t34-/m1/s1. The number of anilines is 1. The van der Waals surface area contributed by atoms with Crippen LogP contribution in [0.2, 0.25) is 5.02 Å². The van der Waals surface area contributed by atoms with E-state index in [9.17, 15) is 18.0 Å². The third-order valence-corrected chi connectivity index (χ3v) is 10.3. The molecule has 1 fully saturated rings. The molecule has 46 heavy (non-hydrogen) atoms. The van der Waals surface area contributed by atoms with Gasteiger partial charge in [-0.2, -0.15) is 0 Å². The molecule has 1 atom stereocenters. The summed E-state index contributed by atoms with van der Waals surface area (Å²) in [6, 6.07) is 30.1. The Balaban J connectivity index is 1.48. The van der Waals surface area contributed by atoms with Crippen LogP contribution in [0.25, 0.3) is 0 Å². The molecule has 0 unspecified atom stereocenters. The van der Waals surface area contributed by atoms with Crippen molar-refractivity contribution in [2.24, 2.45) is 0 Å². The fourth-order valence-electron chi connectivity index (χ4n) is 5.65. The highest BCUT2D eigenvalue weighted by Gasteiger charge is 2.34. The van der Waals surface area contributed by atoms with Crippen LogP contribution in [0.15, 0.2) is 114 Å². The van der Waals surface area contributed by atoms with Crippen molar-refractivity contribution < 1.29 is 22.7 Å². The van der Waals surface area contributed by atoms with Crippen molar-refractivity contribution in [2.75, 3.05) is 10.8 Å². The zero-order valence-corrected chi connectivity index (χ0v) is 27.3. The van der Waals surface area contributed by atoms with E-state index in [1.54, 1.807) is 60.7 Å². The van der Waals surface area contributed by atoms with Gasteiger partial charge in [0.15, 0.2) is 0 Å². The van der Waals surface area contributed by atoms with Gasteiger partial charge in [-0.1, -0.05) is 86.0 Å². The molecular weight excluding hydrogens is 622 g/mol. The molecule has 1 aliphatic carbocycles. The maximum Gasteiger partial charge on any atom is 0.264 e. The van der Waals surface area contributed by atoms with Crippen molar-refractivity contribution in [3.05, 3.63) is 120 Å². The maximum atomic E-state index is 14.3. The Morgan fingerprint density at radius 3 is 2.07 bits per heavy atom. The van der Waals surface area contributed by atoms with Crippen LogP contribution in [0.3, 0.4) is 0 Å². The van der Waals surface area contributed by atoms with Gasteiger partial charge in [0.25, 0.3) is 10.0 Å². The number of nitrogens with zero attached hydrogens (tertiary/aromatic N) is 2. The van der Waals surface area contributed by atoms with E-state index in [4.69, 9.17) is 16.3 Å². The second-order valence-corrected chi connectivity index (χ2v) is 13.5. The number of sulfonamides is 1. The minimum absolute atomic E-state index is 0.0380. The fraction of sp³-hybridized carbons (Fsp3) is 0.278. The molecule has 4 aromatic carbocycles. The Kier molecular flexibility index (Phi) is 11.0. The summed E-state index contributed by atoms with van der Waals surface area (Å²) in [4.78, 5) is 29.5. The molecule has 1 N–H and O–H groups in total. The van der Waals surface area contributed by atoms with E-state index in [-0.39, 0.29) is 29.1 Å². The lowest BCUT2D eigenvalue weighted by Crippen LogP contribution is -2.53. The number of halogens is 1. The van der Waals surface area contributed by atoms with Gasteiger partial charge in [0, 0.05) is 17.6 Å². The molecule has 1 saturated carbocycles. The predicted molar refractivity (Wildman–Crippen MR) is 180 cm³/mol. The van der Waals surface area contributed by atoms with Crippen LogP contribution in [-0.4, -0.2) is 43.8 Å². The van der Waals surface area contributed by atoms with Crippen molar-refractivity contribution in [1.29, 1.82) is 0 Å². The fourth-order valence-corrected chi connectivity index (χ4v) is 7.28. The first-order chi connectivity index (χ1) is 22.3. The summed E-state index contributed by atoms with van der Waals surface area (Å²) < 4.78 is 35.2. The van der Waals surface area contributed by atoms with Gasteiger partial charge in [-0.3, -0.25) is 13.9 Å². The zero-order valence-electron chi connectivity index (χ0n) is 25.7. The van der Waals surface area contributed by atoms with Gasteiger partial charge in [-0.05, 0) is 79.4 Å². The molecule has 240 valence electrons. The summed E-state index contributed by atoms with van der Waals surface area (Å²) >= 11 is 6.51. The van der Waals surface area contributed by atoms with E-state index in [1.165, 1.54) is 17.0 Å². The highest BCUT2D eigenvalue weighted by molar-refractivity contribution is 7.92. The van der Waals surface area contributed by atoms with Crippen LogP contribution < -0.4 is 14.4 Å². The summed E-state index contributed by atoms with van der Waals surface area (Å²) in [7, 11) is -4.19. The lowest BCUT2D eigenvalue weighted by Gasteiger charge is -2.34. The van der Waals surface area contributed by atoms with Crippen molar-refractivity contribution in [3.8, 4) is 11.5 Å². The van der Waals surface area contributed by atoms with Gasteiger partial charge in [-0.15, -0.1) is 0 Å². The van der Waals surface area contributed by atoms with Gasteiger partial charge in [0.2, 0.25) is 11.8 Å². The quantitative estimate of drug-likeness (QED) is 0.164. The van der Waals surface area contributed by atoms with E-state index in [2.05, 4.69) is 5.32 Å². The Morgan fingerprint density at radius 1 is 0.848 bits per heavy atom. The summed E-state index contributed by atoms with van der Waals surface area (Å²) in [6.07, 6.45) is 4.23. The lowest BCUT2D eigenvalue weighted by atomic mass is 10.1. The molecule has 0 radical (unpaired) electrons. The molecule has 0 spiro atoms. The van der Waals surface area contributed by atoms with Crippen molar-refractivity contribution >= 4 is 39.1 Å². The van der Waals surface area contributed by atoms with Gasteiger partial charge < -0.3 is 15.0 Å². The number of nitrogens with one attached hydrogen (secondary N) is 1. The number of carbonyl (C=O) groups excluding carboxylic acids is 2. The second-order valence-electron chi connectivity index (χ2n) is 11.3. The zero-order chi connectivity index (χ0) is 32.5. The molecule has 0 aromatic heterocycles. The molecule has 0 bridgehead atoms. The molecule has 10 heteroatoms. The molecule has 1 aliphatic rings. The highest BCUT2D eigenvalue weighted by Crippen LogP contribution is 2.29. The molecule has 5 rings (SSSR count). The van der Waals surface area contributed by atoms with Crippen molar-refractivity contribution in [1.82, 2.24) is 10.2 Å². The molecular formula is C36H38ClN3O5S. The minimum atomic E-state index is -4.19. The number of para-hydroxylation sites is 1. The first-order valence-corrected chi connectivity index (χ1v) is 17.3. The summed E-state index contributed by atoms with van der Waals surface area (Å²) in [5.74, 6) is 0.358. The Hall–Kier alpha value is -4.34. The number of hydrogen-bond donors (Lipinski definition) is 1. The Labute approximate surface area is 276 Å². The first-order valence-electron chi connectivity index (χ1n) is 15.5. The van der Waals surface area contributed by atoms with Crippen LogP contribution in [-0.2, 0) is 26.2 Å². The Bertz CT molecular complexity index is 1710.